The van der Waals surface area contributed by atoms with Crippen molar-refractivity contribution in [1.82, 2.24) is 30.1 Å². The van der Waals surface area contributed by atoms with Gasteiger partial charge in [-0.25, -0.2) is 4.68 Å². The van der Waals surface area contributed by atoms with E-state index in [9.17, 15) is 4.79 Å². The van der Waals surface area contributed by atoms with Crippen LogP contribution in [0.15, 0.2) is 6.20 Å². The van der Waals surface area contributed by atoms with Crippen molar-refractivity contribution in [2.24, 2.45) is 7.05 Å². The lowest BCUT2D eigenvalue weighted by molar-refractivity contribution is 0.0925. The van der Waals surface area contributed by atoms with Crippen molar-refractivity contribution in [3.8, 4) is 11.3 Å². The molecular formula is C10H12N6O. The molecule has 2 aromatic rings. The third-order valence-corrected chi connectivity index (χ3v) is 2.92. The van der Waals surface area contributed by atoms with Crippen LogP contribution in [-0.4, -0.2) is 37.2 Å². The van der Waals surface area contributed by atoms with Gasteiger partial charge in [0.1, 0.15) is 5.69 Å². The first-order valence-corrected chi connectivity index (χ1v) is 5.39. The fraction of sp³-hybridized carbons (Fsp3) is 0.400. The van der Waals surface area contributed by atoms with Gasteiger partial charge in [0.25, 0.3) is 5.91 Å². The van der Waals surface area contributed by atoms with Gasteiger partial charge in [-0.1, -0.05) is 5.21 Å². The number of nitrogens with one attached hydrogen (secondary N) is 1. The maximum absolute atomic E-state index is 11.9. The maximum atomic E-state index is 11.9. The molecule has 2 aromatic heterocycles. The molecule has 0 saturated carbocycles. The number of aromatic nitrogens is 5. The molecular weight excluding hydrogens is 220 g/mol. The molecule has 1 amide bonds. The SMILES string of the molecule is Cc1nn2c(c1-c1cnnn1C)C(=O)NCC2. The number of carbonyl (C=O) groups is 1. The first-order valence-electron chi connectivity index (χ1n) is 5.39. The topological polar surface area (TPSA) is 77.6 Å². The normalized spacial score (nSPS) is 14.6. The molecule has 0 spiro atoms. The van der Waals surface area contributed by atoms with E-state index in [2.05, 4.69) is 20.7 Å². The third kappa shape index (κ3) is 1.35. The Hall–Kier alpha value is -2.18. The van der Waals surface area contributed by atoms with Crippen LogP contribution in [0.2, 0.25) is 0 Å². The minimum absolute atomic E-state index is 0.0898. The largest absolute Gasteiger partial charge is 0.349 e. The molecule has 0 saturated heterocycles. The van der Waals surface area contributed by atoms with Gasteiger partial charge < -0.3 is 5.32 Å². The van der Waals surface area contributed by atoms with E-state index in [0.717, 1.165) is 17.0 Å². The Morgan fingerprint density at radius 2 is 2.29 bits per heavy atom. The number of aryl methyl sites for hydroxylation is 2. The Bertz CT molecular complexity index is 596. The molecule has 0 unspecified atom stereocenters. The van der Waals surface area contributed by atoms with E-state index >= 15 is 0 Å². The smallest absolute Gasteiger partial charge is 0.270 e. The molecule has 7 nitrogen and oxygen atoms in total. The van der Waals surface area contributed by atoms with Gasteiger partial charge in [-0.05, 0) is 6.92 Å². The summed E-state index contributed by atoms with van der Waals surface area (Å²) in [7, 11) is 1.80. The molecule has 17 heavy (non-hydrogen) atoms. The highest BCUT2D eigenvalue weighted by molar-refractivity contribution is 6.00. The van der Waals surface area contributed by atoms with Crippen LogP contribution in [-0.2, 0) is 13.6 Å². The zero-order valence-electron chi connectivity index (χ0n) is 9.64. The number of rotatable bonds is 1. The predicted octanol–water partition coefficient (Wildman–Crippen LogP) is -0.270. The monoisotopic (exact) mass is 232 g/mol. The summed E-state index contributed by atoms with van der Waals surface area (Å²) in [6, 6.07) is 0. The second-order valence-electron chi connectivity index (χ2n) is 4.03. The van der Waals surface area contributed by atoms with Crippen molar-refractivity contribution in [3.63, 3.8) is 0 Å². The second-order valence-corrected chi connectivity index (χ2v) is 4.03. The zero-order chi connectivity index (χ0) is 12.0. The first kappa shape index (κ1) is 10.0. The summed E-state index contributed by atoms with van der Waals surface area (Å²) in [6.45, 7) is 3.21. The van der Waals surface area contributed by atoms with E-state index in [1.54, 1.807) is 22.6 Å². The highest BCUT2D eigenvalue weighted by Gasteiger charge is 2.27. The predicted molar refractivity (Wildman–Crippen MR) is 59.3 cm³/mol. The number of amides is 1. The summed E-state index contributed by atoms with van der Waals surface area (Å²) in [5.74, 6) is -0.0898. The average Bonchev–Trinajstić information content (AvgIpc) is 2.82. The lowest BCUT2D eigenvalue weighted by atomic mass is 10.1. The molecule has 1 aliphatic heterocycles. The number of fused-ring (bicyclic) bond motifs is 1. The molecule has 0 aliphatic carbocycles. The van der Waals surface area contributed by atoms with E-state index in [1.807, 2.05) is 6.92 Å². The summed E-state index contributed by atoms with van der Waals surface area (Å²) in [4.78, 5) is 11.9. The molecule has 0 aromatic carbocycles. The average molecular weight is 232 g/mol. The van der Waals surface area contributed by atoms with Crippen molar-refractivity contribution < 1.29 is 4.79 Å². The molecule has 7 heteroatoms. The summed E-state index contributed by atoms with van der Waals surface area (Å²) in [6.07, 6.45) is 1.65. The second kappa shape index (κ2) is 3.41. The number of carbonyl (C=O) groups excluding carboxylic acids is 1. The Kier molecular flexibility index (Phi) is 2.01. The summed E-state index contributed by atoms with van der Waals surface area (Å²) in [5.41, 5.74) is 3.04. The van der Waals surface area contributed by atoms with Crippen molar-refractivity contribution in [3.05, 3.63) is 17.6 Å². The van der Waals surface area contributed by atoms with E-state index in [0.29, 0.717) is 18.8 Å². The molecule has 0 atom stereocenters. The third-order valence-electron chi connectivity index (χ3n) is 2.92. The maximum Gasteiger partial charge on any atom is 0.270 e. The van der Waals surface area contributed by atoms with Crippen LogP contribution in [0.5, 0.6) is 0 Å². The first-order chi connectivity index (χ1) is 8.18. The van der Waals surface area contributed by atoms with Crippen molar-refractivity contribution in [2.75, 3.05) is 6.54 Å². The summed E-state index contributed by atoms with van der Waals surface area (Å²) >= 11 is 0. The van der Waals surface area contributed by atoms with Crippen LogP contribution in [0.4, 0.5) is 0 Å². The van der Waals surface area contributed by atoms with Gasteiger partial charge in [0.05, 0.1) is 29.7 Å². The minimum Gasteiger partial charge on any atom is -0.349 e. The van der Waals surface area contributed by atoms with Crippen molar-refractivity contribution >= 4 is 5.91 Å². The van der Waals surface area contributed by atoms with Gasteiger partial charge >= 0.3 is 0 Å². The van der Waals surface area contributed by atoms with Gasteiger partial charge in [-0.15, -0.1) is 5.10 Å². The van der Waals surface area contributed by atoms with E-state index in [4.69, 9.17) is 0 Å². The number of hydrogen-bond donors (Lipinski definition) is 1. The zero-order valence-corrected chi connectivity index (χ0v) is 9.64. The summed E-state index contributed by atoms with van der Waals surface area (Å²) < 4.78 is 3.39. The van der Waals surface area contributed by atoms with Gasteiger partial charge in [0.15, 0.2) is 0 Å². The molecule has 88 valence electrons. The van der Waals surface area contributed by atoms with Gasteiger partial charge in [0, 0.05) is 13.6 Å². The van der Waals surface area contributed by atoms with Crippen molar-refractivity contribution in [2.45, 2.75) is 13.5 Å². The standard InChI is InChI=1S/C10H12N6O/c1-6-8(7-5-12-14-15(7)2)9-10(17)11-3-4-16(9)13-6/h5H,3-4H2,1-2H3,(H,11,17). The fourth-order valence-electron chi connectivity index (χ4n) is 2.16. The van der Waals surface area contributed by atoms with E-state index in [-0.39, 0.29) is 5.91 Å². The Balaban J connectivity index is 2.27. The van der Waals surface area contributed by atoms with E-state index < -0.39 is 0 Å². The minimum atomic E-state index is -0.0898. The van der Waals surface area contributed by atoms with Crippen LogP contribution in [0.3, 0.4) is 0 Å². The lowest BCUT2D eigenvalue weighted by Gasteiger charge is -2.15. The highest BCUT2D eigenvalue weighted by Crippen LogP contribution is 2.27. The Morgan fingerprint density at radius 1 is 1.47 bits per heavy atom. The van der Waals surface area contributed by atoms with Crippen LogP contribution in [0, 0.1) is 6.92 Å². The van der Waals surface area contributed by atoms with Crippen LogP contribution in [0.25, 0.3) is 11.3 Å². The Morgan fingerprint density at radius 3 is 3.00 bits per heavy atom. The fourth-order valence-corrected chi connectivity index (χ4v) is 2.16. The quantitative estimate of drug-likeness (QED) is 0.734. The lowest BCUT2D eigenvalue weighted by Crippen LogP contribution is -2.35. The van der Waals surface area contributed by atoms with Crippen LogP contribution < -0.4 is 5.32 Å². The van der Waals surface area contributed by atoms with Crippen LogP contribution >= 0.6 is 0 Å². The molecule has 3 heterocycles. The Labute approximate surface area is 97.4 Å². The molecule has 3 rings (SSSR count). The van der Waals surface area contributed by atoms with Crippen LogP contribution in [0.1, 0.15) is 16.2 Å². The summed E-state index contributed by atoms with van der Waals surface area (Å²) in [5, 5.41) is 14.9. The molecule has 0 fully saturated rings. The molecule has 0 radical (unpaired) electrons. The van der Waals surface area contributed by atoms with Crippen molar-refractivity contribution in [1.29, 1.82) is 0 Å². The molecule has 1 aliphatic rings. The molecule has 1 N–H and O–H groups in total. The van der Waals surface area contributed by atoms with Gasteiger partial charge in [-0.2, -0.15) is 5.10 Å². The highest BCUT2D eigenvalue weighted by atomic mass is 16.2. The van der Waals surface area contributed by atoms with Gasteiger partial charge in [0.2, 0.25) is 0 Å². The van der Waals surface area contributed by atoms with E-state index in [1.165, 1.54) is 0 Å². The molecule has 0 bridgehead atoms. The number of hydrogen-bond acceptors (Lipinski definition) is 4. The number of nitrogens with zero attached hydrogens (tertiary/aromatic N) is 5. The van der Waals surface area contributed by atoms with Gasteiger partial charge in [-0.3, -0.25) is 9.48 Å².